The zero-order valence-corrected chi connectivity index (χ0v) is 28.8. The highest BCUT2D eigenvalue weighted by Gasteiger charge is 2.16. The number of nitrogens with one attached hydrogen (secondary N) is 2. The lowest BCUT2D eigenvalue weighted by Gasteiger charge is -2.18. The largest absolute Gasteiger partial charge is 0.447 e. The van der Waals surface area contributed by atoms with Gasteiger partial charge in [0.25, 0.3) is 5.91 Å². The van der Waals surface area contributed by atoms with E-state index in [1.807, 2.05) is 23.8 Å². The van der Waals surface area contributed by atoms with Crippen molar-refractivity contribution >= 4 is 18.1 Å². The summed E-state index contributed by atoms with van der Waals surface area (Å²) in [6.07, 6.45) is 23.0. The Balaban J connectivity index is 1.99. The van der Waals surface area contributed by atoms with Gasteiger partial charge in [0.1, 0.15) is 31.4 Å². The molecule has 1 rings (SSSR count). The summed E-state index contributed by atoms with van der Waals surface area (Å²) in [6, 6.07) is 3.60. The maximum absolute atomic E-state index is 12.6. The molecule has 258 valence electrons. The Morgan fingerprint density at radius 3 is 1.73 bits per heavy atom. The summed E-state index contributed by atoms with van der Waals surface area (Å²) >= 11 is 0. The highest BCUT2D eigenvalue weighted by molar-refractivity contribution is 5.93. The highest BCUT2D eigenvalue weighted by atomic mass is 16.6. The normalized spacial score (nSPS) is 11.6. The number of methoxy groups -OCH3 is 1. The SMILES string of the molecule is CCCCCCCCCCCCCCCCCCNC(=O)OCC(COC(=O)NCCN(C)C(=O)c1ccc[n+](CC)c1)OC. The van der Waals surface area contributed by atoms with Crippen molar-refractivity contribution in [2.45, 2.75) is 129 Å². The molecule has 3 amide bonds. The molecule has 0 aliphatic heterocycles. The summed E-state index contributed by atoms with van der Waals surface area (Å²) < 4.78 is 17.6. The van der Waals surface area contributed by atoms with Gasteiger partial charge in [0.05, 0.1) is 0 Å². The summed E-state index contributed by atoms with van der Waals surface area (Å²) in [6.45, 7) is 6.09. The first-order valence-corrected chi connectivity index (χ1v) is 17.5. The lowest BCUT2D eigenvalue weighted by atomic mass is 10.0. The monoisotopic (exact) mass is 635 g/mol. The molecule has 0 spiro atoms. The minimum atomic E-state index is -0.630. The average molecular weight is 636 g/mol. The molecule has 0 saturated heterocycles. The summed E-state index contributed by atoms with van der Waals surface area (Å²) in [5.41, 5.74) is 0.585. The lowest BCUT2D eigenvalue weighted by Crippen LogP contribution is -2.39. The first-order valence-electron chi connectivity index (χ1n) is 17.5. The number of aryl methyl sites for hydroxylation is 1. The van der Waals surface area contributed by atoms with Gasteiger partial charge in [0, 0.05) is 39.9 Å². The van der Waals surface area contributed by atoms with Gasteiger partial charge in [-0.05, 0) is 19.4 Å². The molecule has 10 nitrogen and oxygen atoms in total. The van der Waals surface area contributed by atoms with Crippen LogP contribution in [-0.4, -0.2) is 76.1 Å². The van der Waals surface area contributed by atoms with Gasteiger partial charge in [0.2, 0.25) is 0 Å². The predicted molar refractivity (Wildman–Crippen MR) is 178 cm³/mol. The molecule has 2 N–H and O–H groups in total. The van der Waals surface area contributed by atoms with Gasteiger partial charge >= 0.3 is 12.2 Å². The first kappa shape index (κ1) is 40.1. The fourth-order valence-electron chi connectivity index (χ4n) is 4.98. The molecule has 1 unspecified atom stereocenters. The minimum absolute atomic E-state index is 0.0271. The predicted octanol–water partition coefficient (Wildman–Crippen LogP) is 6.79. The smallest absolute Gasteiger partial charge is 0.407 e. The Morgan fingerprint density at radius 1 is 0.756 bits per heavy atom. The number of alkyl carbamates (subject to hydrolysis) is 2. The number of ether oxygens (including phenoxy) is 3. The standard InChI is InChI=1S/C35H62N4O6/c1-5-7-8-9-10-11-12-13-14-15-16-17-18-19-20-21-24-36-34(41)44-29-32(43-4)30-45-35(42)37-25-27-38(3)33(40)31-23-22-26-39(6-2)28-31/h22-23,26,28,32H,5-21,24-25,27,29-30H2,1-4H3,(H-,36,37,41,42)/p+1. The number of carbonyl (C=O) groups is 3. The van der Waals surface area contributed by atoms with Crippen LogP contribution in [-0.2, 0) is 20.8 Å². The Hall–Kier alpha value is -2.88. The molecule has 1 atom stereocenters. The second-order valence-electron chi connectivity index (χ2n) is 11.9. The summed E-state index contributed by atoms with van der Waals surface area (Å²) in [5, 5.41) is 5.40. The van der Waals surface area contributed by atoms with Crippen molar-refractivity contribution in [2.75, 3.05) is 47.0 Å². The van der Waals surface area contributed by atoms with Crippen molar-refractivity contribution in [1.29, 1.82) is 0 Å². The lowest BCUT2D eigenvalue weighted by molar-refractivity contribution is -0.693. The summed E-state index contributed by atoms with van der Waals surface area (Å²) in [7, 11) is 3.15. The van der Waals surface area contributed by atoms with Gasteiger partial charge in [-0.15, -0.1) is 0 Å². The fourth-order valence-corrected chi connectivity index (χ4v) is 4.98. The van der Waals surface area contributed by atoms with Crippen molar-refractivity contribution in [2.24, 2.45) is 0 Å². The van der Waals surface area contributed by atoms with Gasteiger partial charge in [-0.1, -0.05) is 103 Å². The van der Waals surface area contributed by atoms with Crippen LogP contribution in [0.25, 0.3) is 0 Å². The highest BCUT2D eigenvalue weighted by Crippen LogP contribution is 2.13. The number of pyridine rings is 1. The number of carbonyl (C=O) groups excluding carboxylic acids is 3. The van der Waals surface area contributed by atoms with Crippen molar-refractivity contribution in [3.05, 3.63) is 30.1 Å². The van der Waals surface area contributed by atoms with E-state index in [4.69, 9.17) is 14.2 Å². The number of aromatic nitrogens is 1. The molecule has 0 fully saturated rings. The second-order valence-corrected chi connectivity index (χ2v) is 11.9. The van der Waals surface area contributed by atoms with Gasteiger partial charge < -0.3 is 29.7 Å². The molecule has 0 saturated carbocycles. The minimum Gasteiger partial charge on any atom is -0.447 e. The fraction of sp³-hybridized carbons (Fsp3) is 0.771. The number of amides is 3. The molecule has 1 aromatic rings. The molecule has 0 radical (unpaired) electrons. The third-order valence-corrected chi connectivity index (χ3v) is 7.97. The molecule has 0 aliphatic carbocycles. The van der Waals surface area contributed by atoms with Crippen molar-refractivity contribution in [3.63, 3.8) is 0 Å². The van der Waals surface area contributed by atoms with E-state index in [-0.39, 0.29) is 25.7 Å². The molecule has 1 aromatic heterocycles. The molecule has 1 heterocycles. The number of hydrogen-bond acceptors (Lipinski definition) is 6. The number of unbranched alkanes of at least 4 members (excludes halogenated alkanes) is 15. The zero-order chi connectivity index (χ0) is 33.0. The van der Waals surface area contributed by atoms with Gasteiger partial charge in [-0.3, -0.25) is 4.79 Å². The maximum Gasteiger partial charge on any atom is 0.407 e. The van der Waals surface area contributed by atoms with E-state index in [1.165, 1.54) is 97.0 Å². The molecule has 10 heteroatoms. The molecule has 0 aliphatic rings. The average Bonchev–Trinajstić information content (AvgIpc) is 3.05. The van der Waals surface area contributed by atoms with Crippen LogP contribution in [0, 0.1) is 0 Å². The molecule has 0 aromatic carbocycles. The van der Waals surface area contributed by atoms with E-state index in [0.29, 0.717) is 18.7 Å². The molecule has 0 bridgehead atoms. The molecular weight excluding hydrogens is 572 g/mol. The zero-order valence-electron chi connectivity index (χ0n) is 28.8. The number of nitrogens with zero attached hydrogens (tertiary/aromatic N) is 2. The van der Waals surface area contributed by atoms with Crippen LogP contribution >= 0.6 is 0 Å². The van der Waals surface area contributed by atoms with Gasteiger partial charge in [-0.25, -0.2) is 14.2 Å². The van der Waals surface area contributed by atoms with Crippen LogP contribution in [0.5, 0.6) is 0 Å². The number of hydrogen-bond donors (Lipinski definition) is 2. The van der Waals surface area contributed by atoms with E-state index < -0.39 is 18.3 Å². The van der Waals surface area contributed by atoms with Gasteiger partial charge in [-0.2, -0.15) is 0 Å². The number of likely N-dealkylation sites (N-methyl/N-ethyl adjacent to an activating group) is 1. The third kappa shape index (κ3) is 21.5. The van der Waals surface area contributed by atoms with E-state index >= 15 is 0 Å². The number of rotatable bonds is 27. The Morgan fingerprint density at radius 2 is 1.24 bits per heavy atom. The van der Waals surface area contributed by atoms with E-state index in [2.05, 4.69) is 17.6 Å². The second kappa shape index (κ2) is 27.4. The summed E-state index contributed by atoms with van der Waals surface area (Å²) in [5.74, 6) is -0.127. The Labute approximate surface area is 272 Å². The van der Waals surface area contributed by atoms with Crippen LogP contribution in [0.15, 0.2) is 24.5 Å². The van der Waals surface area contributed by atoms with Crippen molar-refractivity contribution in [3.8, 4) is 0 Å². The Kier molecular flexibility index (Phi) is 24.5. The quantitative estimate of drug-likeness (QED) is 0.0813. The Bertz CT molecular complexity index is 916. The van der Waals surface area contributed by atoms with Crippen LogP contribution in [0.1, 0.15) is 127 Å². The third-order valence-electron chi connectivity index (χ3n) is 7.97. The molecular formula is C35H63N4O6+. The van der Waals surface area contributed by atoms with Crippen LogP contribution in [0.2, 0.25) is 0 Å². The van der Waals surface area contributed by atoms with Gasteiger partial charge in [0.15, 0.2) is 12.4 Å². The van der Waals surface area contributed by atoms with Crippen LogP contribution in [0.4, 0.5) is 9.59 Å². The van der Waals surface area contributed by atoms with E-state index in [9.17, 15) is 14.4 Å². The maximum atomic E-state index is 12.6. The van der Waals surface area contributed by atoms with Crippen LogP contribution in [0.3, 0.4) is 0 Å². The first-order chi connectivity index (χ1) is 21.9. The van der Waals surface area contributed by atoms with Crippen LogP contribution < -0.4 is 15.2 Å². The van der Waals surface area contributed by atoms with E-state index in [0.717, 1.165) is 19.4 Å². The van der Waals surface area contributed by atoms with Crippen molar-refractivity contribution < 1.29 is 33.2 Å². The summed E-state index contributed by atoms with van der Waals surface area (Å²) in [4.78, 5) is 38.2. The van der Waals surface area contributed by atoms with E-state index in [1.54, 1.807) is 24.2 Å². The molecule has 45 heavy (non-hydrogen) atoms. The topological polar surface area (TPSA) is 110 Å². The van der Waals surface area contributed by atoms with Crippen molar-refractivity contribution in [1.82, 2.24) is 15.5 Å².